The van der Waals surface area contributed by atoms with E-state index in [0.29, 0.717) is 31.8 Å². The number of rotatable bonds is 9. The third-order valence-electron chi connectivity index (χ3n) is 6.39. The molecule has 0 saturated carbocycles. The number of likely N-dealkylation sites (N-methyl/N-ethyl adjacent to an activating group) is 1. The van der Waals surface area contributed by atoms with E-state index in [4.69, 9.17) is 9.57 Å². The van der Waals surface area contributed by atoms with Crippen LogP contribution in [-0.2, 0) is 32.6 Å². The second-order valence-corrected chi connectivity index (χ2v) is 8.78. The van der Waals surface area contributed by atoms with Crippen LogP contribution in [0, 0.1) is 0 Å². The summed E-state index contributed by atoms with van der Waals surface area (Å²) < 4.78 is 8.78. The van der Waals surface area contributed by atoms with Gasteiger partial charge in [-0.1, -0.05) is 6.07 Å². The summed E-state index contributed by atoms with van der Waals surface area (Å²) >= 11 is 0. The van der Waals surface area contributed by atoms with Gasteiger partial charge in [-0.3, -0.25) is 28.9 Å². The molecule has 0 bridgehead atoms. The summed E-state index contributed by atoms with van der Waals surface area (Å²) in [5.41, 5.74) is 2.35. The molecule has 1 atom stereocenters. The lowest BCUT2D eigenvalue weighted by atomic mass is 10.1. The van der Waals surface area contributed by atoms with Crippen LogP contribution in [0.15, 0.2) is 23.0 Å². The molecule has 1 aromatic carbocycles. The van der Waals surface area contributed by atoms with Gasteiger partial charge in [0.15, 0.2) is 0 Å². The standard InChI is InChI=1S/C23H33N5O5/c1-25-9-11-27(12-10-25)33-15-14-32-13-3-4-17-5-6-18-20(16-17)26(2)23(31)28(18)19-7-8-21(29)24-22(19)30/h5-6,16,19H,3-4,7-15H2,1-2H3,(H,24,29,30)/t19-/m0/s1. The number of nitrogens with one attached hydrogen (secondary N) is 1. The Morgan fingerprint density at radius 1 is 1.00 bits per heavy atom. The maximum absolute atomic E-state index is 12.8. The molecule has 0 unspecified atom stereocenters. The van der Waals surface area contributed by atoms with E-state index in [2.05, 4.69) is 17.3 Å². The number of ether oxygens (including phenoxy) is 1. The Morgan fingerprint density at radius 2 is 1.79 bits per heavy atom. The molecule has 3 heterocycles. The third kappa shape index (κ3) is 5.52. The molecule has 2 aliphatic heterocycles. The normalized spacial score (nSPS) is 20.5. The maximum Gasteiger partial charge on any atom is 0.329 e. The van der Waals surface area contributed by atoms with Crippen molar-refractivity contribution in [2.75, 3.05) is 53.0 Å². The zero-order valence-corrected chi connectivity index (χ0v) is 19.4. The van der Waals surface area contributed by atoms with E-state index >= 15 is 0 Å². The number of imide groups is 1. The Morgan fingerprint density at radius 3 is 2.55 bits per heavy atom. The van der Waals surface area contributed by atoms with Crippen molar-refractivity contribution in [1.29, 1.82) is 0 Å². The molecule has 33 heavy (non-hydrogen) atoms. The van der Waals surface area contributed by atoms with E-state index < -0.39 is 11.9 Å². The lowest BCUT2D eigenvalue weighted by Crippen LogP contribution is -2.44. The topological polar surface area (TPSA) is 98.0 Å². The van der Waals surface area contributed by atoms with Gasteiger partial charge < -0.3 is 9.64 Å². The summed E-state index contributed by atoms with van der Waals surface area (Å²) in [6, 6.07) is 5.21. The summed E-state index contributed by atoms with van der Waals surface area (Å²) in [4.78, 5) is 44.6. The van der Waals surface area contributed by atoms with Crippen LogP contribution in [0.25, 0.3) is 11.0 Å². The number of aryl methyl sites for hydroxylation is 2. The summed E-state index contributed by atoms with van der Waals surface area (Å²) in [5.74, 6) is -0.710. The number of carbonyl (C=O) groups is 2. The molecule has 2 aromatic rings. The Hall–Kier alpha value is -2.53. The second-order valence-electron chi connectivity index (χ2n) is 8.78. The minimum atomic E-state index is -0.661. The second kappa shape index (κ2) is 10.6. The number of benzene rings is 1. The van der Waals surface area contributed by atoms with Gasteiger partial charge in [0.25, 0.3) is 0 Å². The van der Waals surface area contributed by atoms with E-state index in [9.17, 15) is 14.4 Å². The number of imidazole rings is 1. The Labute approximate surface area is 193 Å². The average Bonchev–Trinajstić information content (AvgIpc) is 3.04. The van der Waals surface area contributed by atoms with Gasteiger partial charge >= 0.3 is 5.69 Å². The van der Waals surface area contributed by atoms with Gasteiger partial charge in [0.2, 0.25) is 11.8 Å². The first-order valence-electron chi connectivity index (χ1n) is 11.6. The minimum absolute atomic E-state index is 0.234. The fourth-order valence-electron chi connectivity index (χ4n) is 4.42. The SMILES string of the molecule is CN1CCN(OCCOCCCc2ccc3c(c2)n(C)c(=O)n3[C@H]2CCC(=O)NC2=O)CC1. The van der Waals surface area contributed by atoms with Crippen molar-refractivity contribution in [2.24, 2.45) is 7.05 Å². The predicted molar refractivity (Wildman–Crippen MR) is 123 cm³/mol. The Balaban J connectivity index is 1.27. The molecule has 10 heteroatoms. The Kier molecular flexibility index (Phi) is 7.59. The highest BCUT2D eigenvalue weighted by Gasteiger charge is 2.31. The molecule has 10 nitrogen and oxygen atoms in total. The minimum Gasteiger partial charge on any atom is -0.379 e. The molecular formula is C23H33N5O5. The van der Waals surface area contributed by atoms with Crippen molar-refractivity contribution in [1.82, 2.24) is 24.4 Å². The lowest BCUT2D eigenvalue weighted by Gasteiger charge is -2.31. The fraction of sp³-hybridized carbons (Fsp3) is 0.609. The first kappa shape index (κ1) is 23.6. The summed E-state index contributed by atoms with van der Waals surface area (Å²) in [7, 11) is 3.83. The predicted octanol–water partition coefficient (Wildman–Crippen LogP) is 0.446. The molecule has 1 N–H and O–H groups in total. The lowest BCUT2D eigenvalue weighted by molar-refractivity contribution is -0.184. The third-order valence-corrected chi connectivity index (χ3v) is 6.39. The molecular weight excluding hydrogens is 426 g/mol. The number of hydroxylamine groups is 2. The van der Waals surface area contributed by atoms with Crippen LogP contribution < -0.4 is 11.0 Å². The van der Waals surface area contributed by atoms with Crippen LogP contribution in [0.1, 0.15) is 30.9 Å². The van der Waals surface area contributed by atoms with Gasteiger partial charge in [0.05, 0.1) is 24.2 Å². The molecule has 2 saturated heterocycles. The van der Waals surface area contributed by atoms with Crippen LogP contribution in [-0.4, -0.2) is 84.0 Å². The van der Waals surface area contributed by atoms with E-state index in [1.807, 2.05) is 23.3 Å². The Bertz CT molecular complexity index is 1050. The number of nitrogens with zero attached hydrogens (tertiary/aromatic N) is 4. The first-order valence-corrected chi connectivity index (χ1v) is 11.6. The molecule has 1 aromatic heterocycles. The van der Waals surface area contributed by atoms with Crippen molar-refractivity contribution in [3.8, 4) is 0 Å². The van der Waals surface area contributed by atoms with Crippen molar-refractivity contribution in [3.05, 3.63) is 34.2 Å². The first-order chi connectivity index (χ1) is 15.9. The molecule has 180 valence electrons. The number of amides is 2. The molecule has 0 radical (unpaired) electrons. The van der Waals surface area contributed by atoms with Crippen LogP contribution in [0.4, 0.5) is 0 Å². The summed E-state index contributed by atoms with van der Waals surface area (Å²) in [6.45, 7) is 5.65. The number of fused-ring (bicyclic) bond motifs is 1. The van der Waals surface area contributed by atoms with Gasteiger partial charge in [-0.05, 0) is 44.0 Å². The fourth-order valence-corrected chi connectivity index (χ4v) is 4.42. The van der Waals surface area contributed by atoms with E-state index in [-0.39, 0.29) is 18.0 Å². The van der Waals surface area contributed by atoms with Crippen LogP contribution >= 0.6 is 0 Å². The van der Waals surface area contributed by atoms with Crippen molar-refractivity contribution in [2.45, 2.75) is 31.7 Å². The largest absolute Gasteiger partial charge is 0.379 e. The van der Waals surface area contributed by atoms with Gasteiger partial charge in [0.1, 0.15) is 6.04 Å². The van der Waals surface area contributed by atoms with Gasteiger partial charge in [0, 0.05) is 46.3 Å². The zero-order valence-electron chi connectivity index (χ0n) is 19.4. The maximum atomic E-state index is 12.8. The van der Waals surface area contributed by atoms with Crippen LogP contribution in [0.3, 0.4) is 0 Å². The highest BCUT2D eigenvalue weighted by molar-refractivity contribution is 6.00. The van der Waals surface area contributed by atoms with Crippen LogP contribution in [0.2, 0.25) is 0 Å². The average molecular weight is 460 g/mol. The molecule has 0 aliphatic carbocycles. The van der Waals surface area contributed by atoms with Crippen molar-refractivity contribution >= 4 is 22.8 Å². The number of piperazine rings is 1. The molecule has 2 aliphatic rings. The summed E-state index contributed by atoms with van der Waals surface area (Å²) in [6.07, 6.45) is 2.26. The highest BCUT2D eigenvalue weighted by atomic mass is 16.7. The van der Waals surface area contributed by atoms with Gasteiger partial charge in [-0.15, -0.1) is 0 Å². The molecule has 4 rings (SSSR count). The molecule has 0 spiro atoms. The van der Waals surface area contributed by atoms with Crippen molar-refractivity contribution in [3.63, 3.8) is 0 Å². The number of hydrogen-bond acceptors (Lipinski definition) is 7. The van der Waals surface area contributed by atoms with Gasteiger partial charge in [-0.2, -0.15) is 5.06 Å². The van der Waals surface area contributed by atoms with E-state index in [0.717, 1.165) is 50.1 Å². The van der Waals surface area contributed by atoms with Crippen molar-refractivity contribution < 1.29 is 19.2 Å². The smallest absolute Gasteiger partial charge is 0.329 e. The quantitative estimate of drug-likeness (QED) is 0.429. The number of aromatic nitrogens is 2. The van der Waals surface area contributed by atoms with E-state index in [1.54, 1.807) is 11.6 Å². The van der Waals surface area contributed by atoms with E-state index in [1.165, 1.54) is 4.57 Å². The molecule has 2 fully saturated rings. The summed E-state index contributed by atoms with van der Waals surface area (Å²) in [5, 5.41) is 4.34. The number of carbonyl (C=O) groups excluding carboxylic acids is 2. The van der Waals surface area contributed by atoms with Crippen LogP contribution in [0.5, 0.6) is 0 Å². The number of piperidine rings is 1. The number of hydrogen-bond donors (Lipinski definition) is 1. The monoisotopic (exact) mass is 459 g/mol. The molecule has 2 amide bonds. The highest BCUT2D eigenvalue weighted by Crippen LogP contribution is 2.24. The zero-order chi connectivity index (χ0) is 23.4. The van der Waals surface area contributed by atoms with Gasteiger partial charge in [-0.25, -0.2) is 4.79 Å².